The second kappa shape index (κ2) is 6.81. The maximum absolute atomic E-state index is 4.15. The van der Waals surface area contributed by atoms with Crippen LogP contribution in [0.15, 0.2) is 47.8 Å². The van der Waals surface area contributed by atoms with E-state index in [1.807, 2.05) is 30.3 Å². The fourth-order valence-corrected chi connectivity index (χ4v) is 3.39. The molecule has 0 radical (unpaired) electrons. The quantitative estimate of drug-likeness (QED) is 0.759. The molecule has 0 saturated carbocycles. The van der Waals surface area contributed by atoms with Crippen molar-refractivity contribution in [3.05, 3.63) is 58.5 Å². The topological polar surface area (TPSA) is 55.6 Å². The van der Waals surface area contributed by atoms with Crippen molar-refractivity contribution in [2.24, 2.45) is 5.92 Å². The zero-order valence-electron chi connectivity index (χ0n) is 12.7. The summed E-state index contributed by atoms with van der Waals surface area (Å²) in [5.41, 5.74) is 0.974. The molecule has 0 aliphatic heterocycles. The minimum Gasteiger partial charge on any atom is -0.302 e. The van der Waals surface area contributed by atoms with Gasteiger partial charge in [-0.3, -0.25) is 0 Å². The van der Waals surface area contributed by atoms with Crippen LogP contribution in [-0.4, -0.2) is 20.2 Å². The lowest BCUT2D eigenvalue weighted by Crippen LogP contribution is -2.26. The first-order valence-electron chi connectivity index (χ1n) is 7.35. The number of hydrogen-bond donors (Lipinski definition) is 1. The Morgan fingerprint density at radius 3 is 2.64 bits per heavy atom. The zero-order chi connectivity index (χ0) is 15.4. The molecule has 3 rings (SSSR count). The van der Waals surface area contributed by atoms with Crippen molar-refractivity contribution in [3.8, 4) is 5.69 Å². The van der Waals surface area contributed by atoms with Crippen LogP contribution in [0.1, 0.15) is 30.6 Å². The Hall–Kier alpha value is -2.05. The van der Waals surface area contributed by atoms with Crippen LogP contribution in [0.3, 0.4) is 0 Å². The van der Waals surface area contributed by atoms with E-state index >= 15 is 0 Å². The highest BCUT2D eigenvalue weighted by atomic mass is 32.1. The van der Waals surface area contributed by atoms with Crippen LogP contribution in [0.5, 0.6) is 0 Å². The first-order chi connectivity index (χ1) is 10.8. The lowest BCUT2D eigenvalue weighted by atomic mass is 10.0. The molecule has 0 bridgehead atoms. The van der Waals surface area contributed by atoms with Gasteiger partial charge in [-0.05, 0) is 39.9 Å². The molecule has 0 spiro atoms. The van der Waals surface area contributed by atoms with Crippen LogP contribution < -0.4 is 5.32 Å². The molecule has 0 aliphatic carbocycles. The minimum absolute atomic E-state index is 0.306. The van der Waals surface area contributed by atoms with Crippen molar-refractivity contribution in [3.63, 3.8) is 0 Å². The highest BCUT2D eigenvalue weighted by molar-refractivity contribution is 7.10. The zero-order valence-corrected chi connectivity index (χ0v) is 13.5. The second-order valence-electron chi connectivity index (χ2n) is 5.46. The second-order valence-corrected chi connectivity index (χ2v) is 6.44. The third-order valence-electron chi connectivity index (χ3n) is 3.53. The average molecular weight is 313 g/mol. The summed E-state index contributed by atoms with van der Waals surface area (Å²) in [5.74, 6) is 1.31. The van der Waals surface area contributed by atoms with E-state index in [9.17, 15) is 0 Å². The van der Waals surface area contributed by atoms with Gasteiger partial charge in [0.2, 0.25) is 0 Å². The number of rotatable bonds is 6. The summed E-state index contributed by atoms with van der Waals surface area (Å²) in [4.78, 5) is 1.34. The van der Waals surface area contributed by atoms with Crippen molar-refractivity contribution in [1.82, 2.24) is 25.5 Å². The first-order valence-corrected chi connectivity index (χ1v) is 8.23. The molecule has 1 atom stereocenters. The molecule has 114 valence electrons. The smallest absolute Gasteiger partial charge is 0.170 e. The third kappa shape index (κ3) is 3.23. The van der Waals surface area contributed by atoms with Gasteiger partial charge in [-0.2, -0.15) is 4.68 Å². The molecule has 0 amide bonds. The number of hydrogen-bond acceptors (Lipinski definition) is 5. The van der Waals surface area contributed by atoms with Crippen LogP contribution in [0.2, 0.25) is 0 Å². The molecule has 5 nitrogen and oxygen atoms in total. The molecule has 0 fully saturated rings. The molecule has 2 heterocycles. The number of benzene rings is 1. The standard InChI is InChI=1S/C16H19N5S/c1-12(2)16(14-9-6-10-22-14)17-11-15-18-19-20-21(15)13-7-4-3-5-8-13/h3-10,12,16-17H,11H2,1-2H3/t16-/m1/s1. The Kier molecular flexibility index (Phi) is 4.60. The molecule has 22 heavy (non-hydrogen) atoms. The van der Waals surface area contributed by atoms with Gasteiger partial charge in [-0.25, -0.2) is 0 Å². The number of nitrogens with one attached hydrogen (secondary N) is 1. The third-order valence-corrected chi connectivity index (χ3v) is 4.49. The number of thiophene rings is 1. The highest BCUT2D eigenvalue weighted by Gasteiger charge is 2.18. The Morgan fingerprint density at radius 1 is 1.14 bits per heavy atom. The summed E-state index contributed by atoms with van der Waals surface area (Å²) in [6.45, 7) is 5.07. The first kappa shape index (κ1) is 14.9. The maximum atomic E-state index is 4.15. The lowest BCUT2D eigenvalue weighted by Gasteiger charge is -2.21. The number of nitrogens with zero attached hydrogens (tertiary/aromatic N) is 4. The van der Waals surface area contributed by atoms with E-state index in [2.05, 4.69) is 52.2 Å². The predicted octanol–water partition coefficient (Wildman–Crippen LogP) is 3.21. The van der Waals surface area contributed by atoms with Crippen molar-refractivity contribution >= 4 is 11.3 Å². The summed E-state index contributed by atoms with van der Waals surface area (Å²) in [5, 5.41) is 17.7. The van der Waals surface area contributed by atoms with E-state index in [1.54, 1.807) is 16.0 Å². The van der Waals surface area contributed by atoms with Gasteiger partial charge in [-0.15, -0.1) is 16.4 Å². The van der Waals surface area contributed by atoms with Crippen LogP contribution >= 0.6 is 11.3 Å². The molecule has 0 aliphatic rings. The maximum Gasteiger partial charge on any atom is 0.170 e. The summed E-state index contributed by atoms with van der Waals surface area (Å²) in [6, 6.07) is 14.5. The van der Waals surface area contributed by atoms with Crippen molar-refractivity contribution in [1.29, 1.82) is 0 Å². The molecule has 0 saturated heterocycles. The Balaban J connectivity index is 1.76. The Morgan fingerprint density at radius 2 is 1.95 bits per heavy atom. The van der Waals surface area contributed by atoms with Crippen molar-refractivity contribution in [2.45, 2.75) is 26.4 Å². The Bertz CT molecular complexity index is 690. The molecular weight excluding hydrogens is 294 g/mol. The van der Waals surface area contributed by atoms with Gasteiger partial charge in [0.15, 0.2) is 5.82 Å². The summed E-state index contributed by atoms with van der Waals surface area (Å²) >= 11 is 1.78. The number of aromatic nitrogens is 4. The van der Waals surface area contributed by atoms with E-state index in [0.717, 1.165) is 11.5 Å². The SMILES string of the molecule is CC(C)[C@@H](NCc1nnnn1-c1ccccc1)c1cccs1. The van der Waals surface area contributed by atoms with E-state index in [4.69, 9.17) is 0 Å². The molecule has 3 aromatic rings. The van der Waals surface area contributed by atoms with Crippen LogP contribution in [0.4, 0.5) is 0 Å². The van der Waals surface area contributed by atoms with Crippen molar-refractivity contribution in [2.75, 3.05) is 0 Å². The molecule has 1 N–H and O–H groups in total. The normalized spacial score (nSPS) is 12.7. The minimum atomic E-state index is 0.306. The van der Waals surface area contributed by atoms with Gasteiger partial charge in [0, 0.05) is 10.9 Å². The summed E-state index contributed by atoms with van der Waals surface area (Å²) < 4.78 is 1.78. The van der Waals surface area contributed by atoms with Crippen LogP contribution in [-0.2, 0) is 6.54 Å². The number of para-hydroxylation sites is 1. The van der Waals surface area contributed by atoms with Crippen LogP contribution in [0.25, 0.3) is 5.69 Å². The summed E-state index contributed by atoms with van der Waals surface area (Å²) in [6.07, 6.45) is 0. The summed E-state index contributed by atoms with van der Waals surface area (Å²) in [7, 11) is 0. The molecule has 2 aromatic heterocycles. The predicted molar refractivity (Wildman–Crippen MR) is 87.9 cm³/mol. The van der Waals surface area contributed by atoms with E-state index in [1.165, 1.54) is 4.88 Å². The average Bonchev–Trinajstić information content (AvgIpc) is 3.19. The molecular formula is C16H19N5S. The number of tetrazole rings is 1. The van der Waals surface area contributed by atoms with Gasteiger partial charge in [0.05, 0.1) is 12.2 Å². The van der Waals surface area contributed by atoms with Gasteiger partial charge in [0.1, 0.15) is 0 Å². The van der Waals surface area contributed by atoms with Crippen LogP contribution in [0, 0.1) is 5.92 Å². The van der Waals surface area contributed by atoms with E-state index in [-0.39, 0.29) is 0 Å². The van der Waals surface area contributed by atoms with E-state index < -0.39 is 0 Å². The molecule has 0 unspecified atom stereocenters. The van der Waals surface area contributed by atoms with Gasteiger partial charge < -0.3 is 5.32 Å². The fourth-order valence-electron chi connectivity index (χ4n) is 2.42. The largest absolute Gasteiger partial charge is 0.302 e. The fraction of sp³-hybridized carbons (Fsp3) is 0.312. The highest BCUT2D eigenvalue weighted by Crippen LogP contribution is 2.26. The van der Waals surface area contributed by atoms with Crippen molar-refractivity contribution < 1.29 is 0 Å². The monoisotopic (exact) mass is 313 g/mol. The molecule has 6 heteroatoms. The lowest BCUT2D eigenvalue weighted by molar-refractivity contribution is 0.409. The van der Waals surface area contributed by atoms with Gasteiger partial charge in [-0.1, -0.05) is 38.1 Å². The van der Waals surface area contributed by atoms with E-state index in [0.29, 0.717) is 18.5 Å². The van der Waals surface area contributed by atoms with Gasteiger partial charge >= 0.3 is 0 Å². The Labute approximate surface area is 134 Å². The molecule has 1 aromatic carbocycles. The van der Waals surface area contributed by atoms with Gasteiger partial charge in [0.25, 0.3) is 0 Å².